The highest BCUT2D eigenvalue weighted by Gasteiger charge is 2.17. The fraction of sp³-hybridized carbons (Fsp3) is 0. The van der Waals surface area contributed by atoms with Crippen molar-refractivity contribution in [3.63, 3.8) is 0 Å². The maximum absolute atomic E-state index is 10.1. The summed E-state index contributed by atoms with van der Waals surface area (Å²) in [7, 11) is 0. The van der Waals surface area contributed by atoms with Gasteiger partial charge in [0.15, 0.2) is 0 Å². The van der Waals surface area contributed by atoms with Gasteiger partial charge in [0.1, 0.15) is 5.82 Å². The molecule has 0 unspecified atom stereocenters. The summed E-state index contributed by atoms with van der Waals surface area (Å²) >= 11 is 5.76. The lowest BCUT2D eigenvalue weighted by Crippen LogP contribution is -1.95. The number of pyridine rings is 1. The van der Waals surface area contributed by atoms with Crippen molar-refractivity contribution in [2.24, 2.45) is 0 Å². The van der Waals surface area contributed by atoms with Gasteiger partial charge in [-0.1, -0.05) is 23.7 Å². The van der Waals surface area contributed by atoms with Crippen LogP contribution in [0.15, 0.2) is 42.6 Å². The van der Waals surface area contributed by atoms with Crippen LogP contribution in [0.5, 0.6) is 11.8 Å². The van der Waals surface area contributed by atoms with Crippen LogP contribution < -0.4 is 0 Å². The Bertz CT molecular complexity index is 681. The Hall–Kier alpha value is -2.20. The monoisotopic (exact) mass is 260 g/mol. The van der Waals surface area contributed by atoms with E-state index in [2.05, 4.69) is 4.98 Å². The van der Waals surface area contributed by atoms with Gasteiger partial charge >= 0.3 is 0 Å². The molecule has 3 aromatic rings. The largest absolute Gasteiger partial charge is 0.494 e. The summed E-state index contributed by atoms with van der Waals surface area (Å²) in [5.41, 5.74) is 0. The minimum absolute atomic E-state index is 0.0436. The average molecular weight is 261 g/mol. The lowest BCUT2D eigenvalue weighted by molar-refractivity contribution is 0.405. The Kier molecular flexibility index (Phi) is 2.38. The maximum Gasteiger partial charge on any atom is 0.208 e. The number of aromatic nitrogens is 2. The summed E-state index contributed by atoms with van der Waals surface area (Å²) in [4.78, 5) is 4.08. The van der Waals surface area contributed by atoms with Gasteiger partial charge in [0.2, 0.25) is 11.8 Å². The van der Waals surface area contributed by atoms with E-state index in [1.54, 1.807) is 36.4 Å². The molecule has 0 aliphatic heterocycles. The van der Waals surface area contributed by atoms with Crippen molar-refractivity contribution in [3.8, 4) is 17.6 Å². The third kappa shape index (κ3) is 1.50. The first-order valence-electron chi connectivity index (χ1n) is 5.32. The lowest BCUT2D eigenvalue weighted by Gasteiger charge is -2.05. The van der Waals surface area contributed by atoms with Crippen LogP contribution in [-0.4, -0.2) is 19.8 Å². The molecule has 4 nitrogen and oxygen atoms in total. The number of rotatable bonds is 1. The predicted molar refractivity (Wildman–Crippen MR) is 69.4 cm³/mol. The molecule has 0 bridgehead atoms. The zero-order valence-electron chi connectivity index (χ0n) is 9.21. The zero-order valence-corrected chi connectivity index (χ0v) is 9.96. The van der Waals surface area contributed by atoms with Gasteiger partial charge in [0, 0.05) is 17.0 Å². The molecule has 2 N–H and O–H groups in total. The normalized spacial score (nSPS) is 10.9. The first-order chi connectivity index (χ1) is 8.68. The van der Waals surface area contributed by atoms with E-state index in [1.807, 2.05) is 0 Å². The average Bonchev–Trinajstić information content (AvgIpc) is 2.64. The number of benzene rings is 1. The summed E-state index contributed by atoms with van der Waals surface area (Å²) in [6.45, 7) is 0. The molecular weight excluding hydrogens is 252 g/mol. The second-order valence-electron chi connectivity index (χ2n) is 3.86. The smallest absolute Gasteiger partial charge is 0.208 e. The first-order valence-corrected chi connectivity index (χ1v) is 5.69. The molecular formula is C13H9ClN2O2. The number of fused-ring (bicyclic) bond motifs is 1. The van der Waals surface area contributed by atoms with Crippen molar-refractivity contribution < 1.29 is 10.2 Å². The molecule has 2 heterocycles. The van der Waals surface area contributed by atoms with E-state index >= 15 is 0 Å². The SMILES string of the molecule is Oc1c2ccccc2c(O)n1-c1ccc(Cl)cn1. The van der Waals surface area contributed by atoms with Crippen molar-refractivity contribution in [1.82, 2.24) is 9.55 Å². The minimum atomic E-state index is -0.0436. The summed E-state index contributed by atoms with van der Waals surface area (Å²) in [6, 6.07) is 10.3. The lowest BCUT2D eigenvalue weighted by atomic mass is 10.2. The van der Waals surface area contributed by atoms with Crippen LogP contribution >= 0.6 is 11.6 Å². The number of hydrogen-bond acceptors (Lipinski definition) is 3. The molecule has 0 aliphatic rings. The molecule has 0 aliphatic carbocycles. The van der Waals surface area contributed by atoms with Gasteiger partial charge in [-0.15, -0.1) is 0 Å². The standard InChI is InChI=1S/C13H9ClN2O2/c14-8-5-6-11(15-7-8)16-12(17)9-3-1-2-4-10(9)13(16)18/h1-7,17-18H. The molecule has 90 valence electrons. The Balaban J connectivity index is 2.32. The minimum Gasteiger partial charge on any atom is -0.494 e. The van der Waals surface area contributed by atoms with Gasteiger partial charge in [0.25, 0.3) is 0 Å². The molecule has 5 heteroatoms. The highest BCUT2D eigenvalue weighted by molar-refractivity contribution is 6.30. The van der Waals surface area contributed by atoms with Crippen LogP contribution in [0.2, 0.25) is 5.02 Å². The highest BCUT2D eigenvalue weighted by Crippen LogP contribution is 2.37. The Morgan fingerprint density at radius 3 is 2.06 bits per heavy atom. The highest BCUT2D eigenvalue weighted by atomic mass is 35.5. The van der Waals surface area contributed by atoms with Crippen molar-refractivity contribution in [2.75, 3.05) is 0 Å². The molecule has 0 saturated carbocycles. The number of aromatic hydroxyl groups is 2. The second-order valence-corrected chi connectivity index (χ2v) is 4.30. The molecule has 0 fully saturated rings. The van der Waals surface area contributed by atoms with Gasteiger partial charge in [-0.2, -0.15) is 0 Å². The topological polar surface area (TPSA) is 58.3 Å². The van der Waals surface area contributed by atoms with E-state index in [4.69, 9.17) is 11.6 Å². The van der Waals surface area contributed by atoms with Crippen LogP contribution in [0.1, 0.15) is 0 Å². The number of halogens is 1. The first kappa shape index (κ1) is 10.9. The number of hydrogen-bond donors (Lipinski definition) is 2. The molecule has 0 amide bonds. The Labute approximate surface area is 108 Å². The quantitative estimate of drug-likeness (QED) is 0.707. The maximum atomic E-state index is 10.1. The summed E-state index contributed by atoms with van der Waals surface area (Å²) in [5.74, 6) is 0.321. The van der Waals surface area contributed by atoms with E-state index in [-0.39, 0.29) is 11.8 Å². The predicted octanol–water partition coefficient (Wildman–Crippen LogP) is 3.09. The molecule has 0 atom stereocenters. The second kappa shape index (κ2) is 3.92. The van der Waals surface area contributed by atoms with Crippen molar-refractivity contribution >= 4 is 22.4 Å². The summed E-state index contributed by atoms with van der Waals surface area (Å²) in [5, 5.41) is 21.9. The molecule has 0 saturated heterocycles. The van der Waals surface area contributed by atoms with E-state index < -0.39 is 0 Å². The molecule has 18 heavy (non-hydrogen) atoms. The fourth-order valence-corrected chi connectivity index (χ4v) is 2.04. The van der Waals surface area contributed by atoms with E-state index in [1.165, 1.54) is 10.8 Å². The molecule has 2 aromatic heterocycles. The van der Waals surface area contributed by atoms with Crippen LogP contribution in [0.25, 0.3) is 16.6 Å². The Morgan fingerprint density at radius 1 is 0.944 bits per heavy atom. The van der Waals surface area contributed by atoms with Crippen LogP contribution in [-0.2, 0) is 0 Å². The van der Waals surface area contributed by atoms with E-state index in [0.717, 1.165) is 0 Å². The van der Waals surface area contributed by atoms with Crippen molar-refractivity contribution in [3.05, 3.63) is 47.6 Å². The zero-order chi connectivity index (χ0) is 12.7. The van der Waals surface area contributed by atoms with Gasteiger partial charge in [-0.3, -0.25) is 0 Å². The van der Waals surface area contributed by atoms with Gasteiger partial charge in [-0.05, 0) is 24.3 Å². The van der Waals surface area contributed by atoms with Gasteiger partial charge in [-0.25, -0.2) is 9.55 Å². The fourth-order valence-electron chi connectivity index (χ4n) is 1.93. The van der Waals surface area contributed by atoms with E-state index in [9.17, 15) is 10.2 Å². The molecule has 0 radical (unpaired) electrons. The Morgan fingerprint density at radius 2 is 1.56 bits per heavy atom. The van der Waals surface area contributed by atoms with Crippen LogP contribution in [0, 0.1) is 0 Å². The van der Waals surface area contributed by atoms with Gasteiger partial charge < -0.3 is 10.2 Å². The van der Waals surface area contributed by atoms with Crippen molar-refractivity contribution in [2.45, 2.75) is 0 Å². The van der Waals surface area contributed by atoms with Gasteiger partial charge in [0.05, 0.1) is 5.02 Å². The third-order valence-electron chi connectivity index (χ3n) is 2.77. The molecule has 3 rings (SSSR count). The molecule has 1 aromatic carbocycles. The van der Waals surface area contributed by atoms with Crippen LogP contribution in [0.3, 0.4) is 0 Å². The summed E-state index contributed by atoms with van der Waals surface area (Å²) < 4.78 is 1.28. The third-order valence-corrected chi connectivity index (χ3v) is 3.00. The molecule has 0 spiro atoms. The number of nitrogens with zero attached hydrogens (tertiary/aromatic N) is 2. The van der Waals surface area contributed by atoms with Crippen LogP contribution in [0.4, 0.5) is 0 Å². The summed E-state index contributed by atoms with van der Waals surface area (Å²) in [6.07, 6.45) is 1.46. The van der Waals surface area contributed by atoms with E-state index in [0.29, 0.717) is 21.6 Å². The van der Waals surface area contributed by atoms with Crippen molar-refractivity contribution in [1.29, 1.82) is 0 Å².